The van der Waals surface area contributed by atoms with E-state index in [1.165, 1.54) is 44.5 Å². The SMILES string of the molecule is c1ccc(-c2cc(-c3ccc4c(c3)oc3ccccc34)cc(-c3cc(-c4ccc5c(c4)-c4ccccc4C54c5ccccc5-c5ccccc54)nc(-c4ccccc4)n3)c2)cc1. The van der Waals surface area contributed by atoms with E-state index in [1.54, 1.807) is 0 Å². The Labute approximate surface area is 359 Å². The van der Waals surface area contributed by atoms with Crippen molar-refractivity contribution >= 4 is 21.9 Å². The van der Waals surface area contributed by atoms with Gasteiger partial charge in [0.15, 0.2) is 5.82 Å². The molecule has 0 atom stereocenters. The molecule has 3 heteroatoms. The van der Waals surface area contributed by atoms with E-state index in [-0.39, 0.29) is 0 Å². The first-order valence-corrected chi connectivity index (χ1v) is 21.2. The van der Waals surface area contributed by atoms with E-state index in [0.717, 1.165) is 72.3 Å². The number of hydrogen-bond donors (Lipinski definition) is 0. The molecule has 0 radical (unpaired) electrons. The Morgan fingerprint density at radius 3 is 1.48 bits per heavy atom. The van der Waals surface area contributed by atoms with Crippen molar-refractivity contribution < 1.29 is 4.42 Å². The molecule has 0 aliphatic heterocycles. The van der Waals surface area contributed by atoms with Crippen molar-refractivity contribution in [2.45, 2.75) is 5.41 Å². The molecule has 62 heavy (non-hydrogen) atoms. The Hall–Kier alpha value is -8.14. The second kappa shape index (κ2) is 13.4. The van der Waals surface area contributed by atoms with Gasteiger partial charge in [0.1, 0.15) is 11.2 Å². The van der Waals surface area contributed by atoms with Gasteiger partial charge in [0.2, 0.25) is 0 Å². The van der Waals surface area contributed by atoms with Crippen LogP contribution >= 0.6 is 0 Å². The standard InChI is InChI=1S/C59H36N2O/c1-3-15-37(16-4-1)41-31-42(39-27-29-48-47-22-10-14-26-56(47)62-57(48)35-39)33-43(32-41)55-36-54(60-58(61-55)38-17-5-2-6-18-38)40-28-30-53-49(34-40)46-21-9-13-25-52(46)59(53)50-23-11-7-19-44(50)45-20-8-12-24-51(45)59/h1-36H. The van der Waals surface area contributed by atoms with Crippen LogP contribution in [0.5, 0.6) is 0 Å². The topological polar surface area (TPSA) is 38.9 Å². The summed E-state index contributed by atoms with van der Waals surface area (Å²) in [7, 11) is 0. The number of para-hydroxylation sites is 1. The fourth-order valence-corrected chi connectivity index (χ4v) is 10.4. The minimum Gasteiger partial charge on any atom is -0.456 e. The molecule has 9 aromatic carbocycles. The second-order valence-corrected chi connectivity index (χ2v) is 16.4. The van der Waals surface area contributed by atoms with Gasteiger partial charge in [-0.05, 0) is 115 Å². The van der Waals surface area contributed by atoms with E-state index in [4.69, 9.17) is 14.4 Å². The molecule has 2 aliphatic rings. The summed E-state index contributed by atoms with van der Waals surface area (Å²) >= 11 is 0. The lowest BCUT2D eigenvalue weighted by molar-refractivity contribution is 0.669. The summed E-state index contributed by atoms with van der Waals surface area (Å²) in [5.74, 6) is 0.685. The van der Waals surface area contributed by atoms with Gasteiger partial charge in [-0.15, -0.1) is 0 Å². The van der Waals surface area contributed by atoms with E-state index in [9.17, 15) is 0 Å². The van der Waals surface area contributed by atoms with Crippen molar-refractivity contribution in [2.75, 3.05) is 0 Å². The maximum atomic E-state index is 6.37. The van der Waals surface area contributed by atoms with Gasteiger partial charge in [-0.3, -0.25) is 0 Å². The van der Waals surface area contributed by atoms with E-state index in [1.807, 2.05) is 18.2 Å². The predicted octanol–water partition coefficient (Wildman–Crippen LogP) is 15.1. The number of nitrogens with zero attached hydrogens (tertiary/aromatic N) is 2. The van der Waals surface area contributed by atoms with Gasteiger partial charge in [0.05, 0.1) is 16.8 Å². The molecular formula is C59H36N2O. The number of furan rings is 1. The lowest BCUT2D eigenvalue weighted by Crippen LogP contribution is -2.25. The first kappa shape index (κ1) is 34.7. The number of benzene rings is 9. The van der Waals surface area contributed by atoms with Gasteiger partial charge >= 0.3 is 0 Å². The summed E-state index contributed by atoms with van der Waals surface area (Å²) in [5.41, 5.74) is 20.9. The molecule has 0 saturated carbocycles. The van der Waals surface area contributed by atoms with Crippen molar-refractivity contribution in [3.63, 3.8) is 0 Å². The Balaban J connectivity index is 1.01. The summed E-state index contributed by atoms with van der Waals surface area (Å²) in [5, 5.41) is 2.23. The highest BCUT2D eigenvalue weighted by Gasteiger charge is 2.51. The minimum absolute atomic E-state index is 0.399. The van der Waals surface area contributed by atoms with E-state index >= 15 is 0 Å². The van der Waals surface area contributed by atoms with Gasteiger partial charge < -0.3 is 4.42 Å². The van der Waals surface area contributed by atoms with Gasteiger partial charge in [0.25, 0.3) is 0 Å². The molecule has 0 amide bonds. The molecular weight excluding hydrogens is 753 g/mol. The third kappa shape index (κ3) is 5.12. The normalized spacial score (nSPS) is 13.0. The van der Waals surface area contributed by atoms with Gasteiger partial charge in [-0.2, -0.15) is 0 Å². The molecule has 288 valence electrons. The number of aromatic nitrogens is 2. The third-order valence-corrected chi connectivity index (χ3v) is 13.1. The number of hydrogen-bond acceptors (Lipinski definition) is 3. The molecule has 0 unspecified atom stereocenters. The minimum atomic E-state index is -0.399. The van der Waals surface area contributed by atoms with Crippen LogP contribution in [0, 0.1) is 0 Å². The third-order valence-electron chi connectivity index (χ3n) is 13.1. The molecule has 1 spiro atoms. The highest BCUT2D eigenvalue weighted by Crippen LogP contribution is 2.63. The largest absolute Gasteiger partial charge is 0.456 e. The maximum Gasteiger partial charge on any atom is 0.160 e. The zero-order valence-corrected chi connectivity index (χ0v) is 33.6. The monoisotopic (exact) mass is 788 g/mol. The average Bonchev–Trinajstić information content (AvgIpc) is 3.98. The smallest absolute Gasteiger partial charge is 0.160 e. The van der Waals surface area contributed by atoms with Crippen LogP contribution in [0.15, 0.2) is 223 Å². The summed E-state index contributed by atoms with van der Waals surface area (Å²) in [6, 6.07) is 78.5. The Morgan fingerprint density at radius 1 is 0.290 bits per heavy atom. The summed E-state index contributed by atoms with van der Waals surface area (Å²) in [6.45, 7) is 0. The quantitative estimate of drug-likeness (QED) is 0.174. The molecule has 11 aromatic rings. The molecule has 2 aliphatic carbocycles. The van der Waals surface area contributed by atoms with Crippen LogP contribution < -0.4 is 0 Å². The fraction of sp³-hybridized carbons (Fsp3) is 0.0169. The lowest BCUT2D eigenvalue weighted by Gasteiger charge is -2.30. The van der Waals surface area contributed by atoms with Crippen LogP contribution in [-0.4, -0.2) is 9.97 Å². The summed E-state index contributed by atoms with van der Waals surface area (Å²) < 4.78 is 6.37. The Morgan fingerprint density at radius 2 is 0.790 bits per heavy atom. The Kier molecular flexibility index (Phi) is 7.52. The molecule has 13 rings (SSSR count). The predicted molar refractivity (Wildman–Crippen MR) is 253 cm³/mol. The number of fused-ring (bicyclic) bond motifs is 13. The van der Waals surface area contributed by atoms with Crippen molar-refractivity contribution in [1.82, 2.24) is 9.97 Å². The molecule has 0 saturated heterocycles. The number of rotatable bonds is 5. The van der Waals surface area contributed by atoms with Crippen LogP contribution in [0.4, 0.5) is 0 Å². The highest BCUT2D eigenvalue weighted by molar-refractivity contribution is 6.06. The first-order valence-electron chi connectivity index (χ1n) is 21.2. The van der Waals surface area contributed by atoms with Crippen LogP contribution in [-0.2, 0) is 5.41 Å². The summed E-state index contributed by atoms with van der Waals surface area (Å²) in [6.07, 6.45) is 0. The first-order chi connectivity index (χ1) is 30.7. The highest BCUT2D eigenvalue weighted by atomic mass is 16.3. The van der Waals surface area contributed by atoms with Crippen LogP contribution in [0.2, 0.25) is 0 Å². The zero-order chi connectivity index (χ0) is 40.8. The van der Waals surface area contributed by atoms with Crippen LogP contribution in [0.25, 0.3) is 100 Å². The van der Waals surface area contributed by atoms with E-state index in [2.05, 4.69) is 200 Å². The second-order valence-electron chi connectivity index (χ2n) is 16.4. The van der Waals surface area contributed by atoms with Crippen molar-refractivity contribution in [3.8, 4) is 78.4 Å². The van der Waals surface area contributed by atoms with E-state index in [0.29, 0.717) is 5.82 Å². The van der Waals surface area contributed by atoms with Crippen LogP contribution in [0.1, 0.15) is 22.3 Å². The van der Waals surface area contributed by atoms with Gasteiger partial charge in [-0.25, -0.2) is 9.97 Å². The van der Waals surface area contributed by atoms with Crippen molar-refractivity contribution in [3.05, 3.63) is 241 Å². The Bertz CT molecular complexity index is 3540. The fourth-order valence-electron chi connectivity index (χ4n) is 10.4. The molecule has 2 heterocycles. The summed E-state index contributed by atoms with van der Waals surface area (Å²) in [4.78, 5) is 10.7. The molecule has 2 aromatic heterocycles. The van der Waals surface area contributed by atoms with Crippen LogP contribution in [0.3, 0.4) is 0 Å². The maximum absolute atomic E-state index is 6.37. The molecule has 0 N–H and O–H groups in total. The van der Waals surface area contributed by atoms with Gasteiger partial charge in [0, 0.05) is 27.5 Å². The molecule has 0 bridgehead atoms. The van der Waals surface area contributed by atoms with Crippen molar-refractivity contribution in [2.24, 2.45) is 0 Å². The zero-order valence-electron chi connectivity index (χ0n) is 33.6. The van der Waals surface area contributed by atoms with E-state index < -0.39 is 5.41 Å². The van der Waals surface area contributed by atoms with Gasteiger partial charge in [-0.1, -0.05) is 170 Å². The lowest BCUT2D eigenvalue weighted by atomic mass is 9.70. The molecule has 3 nitrogen and oxygen atoms in total. The average molecular weight is 789 g/mol. The van der Waals surface area contributed by atoms with Crippen molar-refractivity contribution in [1.29, 1.82) is 0 Å². The molecule has 0 fully saturated rings.